The van der Waals surface area contributed by atoms with Crippen LogP contribution in [-0.4, -0.2) is 33.4 Å². The molecule has 0 fully saturated rings. The van der Waals surface area contributed by atoms with Gasteiger partial charge in [-0.05, 0) is 30.9 Å². The molecule has 1 heterocycles. The summed E-state index contributed by atoms with van der Waals surface area (Å²) in [6, 6.07) is 0. The van der Waals surface area contributed by atoms with Gasteiger partial charge in [0.15, 0.2) is 0 Å². The summed E-state index contributed by atoms with van der Waals surface area (Å²) >= 11 is 6.59. The van der Waals surface area contributed by atoms with Gasteiger partial charge in [0, 0.05) is 6.54 Å². The first-order valence-corrected chi connectivity index (χ1v) is 6.49. The van der Waals surface area contributed by atoms with Crippen LogP contribution in [0, 0.1) is 5.92 Å². The van der Waals surface area contributed by atoms with Crippen molar-refractivity contribution in [1.29, 1.82) is 0 Å². The van der Waals surface area contributed by atoms with Crippen LogP contribution in [0.15, 0.2) is 0 Å². The minimum absolute atomic E-state index is 0.182. The van der Waals surface area contributed by atoms with E-state index in [4.69, 9.17) is 11.6 Å². The molecule has 0 aliphatic heterocycles. The molecule has 0 bridgehead atoms. The molecule has 0 aliphatic carbocycles. The summed E-state index contributed by atoms with van der Waals surface area (Å²) in [6.45, 7) is 5.91. The van der Waals surface area contributed by atoms with Crippen LogP contribution in [0.25, 0.3) is 0 Å². The molecule has 0 spiro atoms. The molecule has 1 atom stereocenters. The van der Waals surface area contributed by atoms with Crippen LogP contribution in [0.5, 0.6) is 0 Å². The van der Waals surface area contributed by atoms with Gasteiger partial charge in [-0.15, -0.1) is 10.2 Å². The number of halogens is 1. The number of hydrogen-bond acceptors (Lipinski definition) is 5. The minimum Gasteiger partial charge on any atom is -0.388 e. The second-order valence-corrected chi connectivity index (χ2v) is 6.20. The van der Waals surface area contributed by atoms with Crippen molar-refractivity contribution in [3.05, 3.63) is 9.47 Å². The van der Waals surface area contributed by atoms with Crippen LogP contribution >= 0.6 is 22.9 Å². The Morgan fingerprint density at radius 3 is 2.71 bits per heavy atom. The average Bonchev–Trinajstić information content (AvgIpc) is 2.59. The second kappa shape index (κ2) is 5.75. The van der Waals surface area contributed by atoms with Crippen molar-refractivity contribution in [2.24, 2.45) is 5.92 Å². The first kappa shape index (κ1) is 14.3. The second-order valence-electron chi connectivity index (χ2n) is 4.64. The average molecular weight is 278 g/mol. The van der Waals surface area contributed by atoms with Crippen molar-refractivity contribution in [2.45, 2.75) is 32.8 Å². The molecule has 0 radical (unpaired) electrons. The van der Waals surface area contributed by atoms with Crippen LogP contribution < -0.4 is 5.32 Å². The van der Waals surface area contributed by atoms with Crippen molar-refractivity contribution >= 4 is 28.8 Å². The summed E-state index contributed by atoms with van der Waals surface area (Å²) < 4.78 is 0.226. The third kappa shape index (κ3) is 4.97. The molecular weight excluding hydrogens is 262 g/mol. The van der Waals surface area contributed by atoms with Gasteiger partial charge in [-0.3, -0.25) is 4.79 Å². The Bertz CT molecular complexity index is 393. The van der Waals surface area contributed by atoms with Crippen LogP contribution in [0.4, 0.5) is 0 Å². The van der Waals surface area contributed by atoms with Crippen molar-refractivity contribution in [1.82, 2.24) is 15.5 Å². The van der Waals surface area contributed by atoms with Gasteiger partial charge in [0.2, 0.25) is 9.47 Å². The van der Waals surface area contributed by atoms with Crippen molar-refractivity contribution < 1.29 is 9.90 Å². The number of nitrogens with one attached hydrogen (secondary N) is 1. The van der Waals surface area contributed by atoms with E-state index in [0.717, 1.165) is 11.3 Å². The number of amides is 1. The lowest BCUT2D eigenvalue weighted by atomic mass is 9.94. The van der Waals surface area contributed by atoms with Crippen LogP contribution in [-0.2, 0) is 0 Å². The predicted molar refractivity (Wildman–Crippen MR) is 67.3 cm³/mol. The first-order valence-electron chi connectivity index (χ1n) is 5.30. The van der Waals surface area contributed by atoms with Gasteiger partial charge in [-0.25, -0.2) is 0 Å². The Balaban J connectivity index is 2.48. The molecule has 1 unspecified atom stereocenters. The molecule has 2 N–H and O–H groups in total. The number of hydrogen-bond donors (Lipinski definition) is 2. The standard InChI is InChI=1S/C10H16ClN3O2S/c1-6(2)4-10(3,16)5-12-7(15)8-13-14-9(11)17-8/h6,16H,4-5H2,1-3H3,(H,12,15). The van der Waals surface area contributed by atoms with E-state index in [1.165, 1.54) is 0 Å². The molecule has 1 amide bonds. The Labute approximate surface area is 109 Å². The lowest BCUT2D eigenvalue weighted by Gasteiger charge is -2.25. The van der Waals surface area contributed by atoms with Gasteiger partial charge in [-0.1, -0.05) is 25.2 Å². The van der Waals surface area contributed by atoms with E-state index in [1.54, 1.807) is 6.92 Å². The highest BCUT2D eigenvalue weighted by Gasteiger charge is 2.23. The fourth-order valence-corrected chi connectivity index (χ4v) is 2.34. The largest absolute Gasteiger partial charge is 0.388 e. The Morgan fingerprint density at radius 2 is 2.24 bits per heavy atom. The number of aliphatic hydroxyl groups is 1. The summed E-state index contributed by atoms with van der Waals surface area (Å²) in [5.41, 5.74) is -0.918. The minimum atomic E-state index is -0.918. The van der Waals surface area contributed by atoms with Crippen LogP contribution in [0.1, 0.15) is 37.0 Å². The summed E-state index contributed by atoms with van der Waals surface area (Å²) in [4.78, 5) is 11.6. The number of carbonyl (C=O) groups excluding carboxylic acids is 1. The molecule has 0 saturated heterocycles. The summed E-state index contributed by atoms with van der Waals surface area (Å²) in [5, 5.41) is 20.0. The number of nitrogens with zero attached hydrogens (tertiary/aromatic N) is 2. The van der Waals surface area contributed by atoms with Gasteiger partial charge >= 0.3 is 0 Å². The molecule has 1 aromatic heterocycles. The molecule has 96 valence electrons. The maximum atomic E-state index is 11.6. The molecule has 1 aromatic rings. The summed E-state index contributed by atoms with van der Waals surface area (Å²) in [5.74, 6) is -0.00342. The van der Waals surface area contributed by atoms with Crippen molar-refractivity contribution in [3.63, 3.8) is 0 Å². The molecule has 1 rings (SSSR count). The van der Waals surface area contributed by atoms with Crippen LogP contribution in [0.2, 0.25) is 4.47 Å². The maximum absolute atomic E-state index is 11.6. The van der Waals surface area contributed by atoms with Gasteiger partial charge in [-0.2, -0.15) is 0 Å². The van der Waals surface area contributed by atoms with E-state index in [1.807, 2.05) is 13.8 Å². The van der Waals surface area contributed by atoms with E-state index in [2.05, 4.69) is 15.5 Å². The quantitative estimate of drug-likeness (QED) is 0.859. The molecule has 17 heavy (non-hydrogen) atoms. The van der Waals surface area contributed by atoms with Crippen molar-refractivity contribution in [3.8, 4) is 0 Å². The molecular formula is C10H16ClN3O2S. The van der Waals surface area contributed by atoms with E-state index >= 15 is 0 Å². The zero-order valence-corrected chi connectivity index (χ0v) is 11.6. The zero-order valence-electron chi connectivity index (χ0n) is 10.0. The predicted octanol–water partition coefficient (Wildman–Crippen LogP) is 1.72. The van der Waals surface area contributed by atoms with Crippen molar-refractivity contribution in [2.75, 3.05) is 6.54 Å². The smallest absolute Gasteiger partial charge is 0.282 e. The normalized spacial score (nSPS) is 14.7. The Hall–Kier alpha value is -0.720. The summed E-state index contributed by atoms with van der Waals surface area (Å²) in [7, 11) is 0. The van der Waals surface area contributed by atoms with Gasteiger partial charge in [0.05, 0.1) is 5.60 Å². The zero-order chi connectivity index (χ0) is 13.1. The van der Waals surface area contributed by atoms with Crippen LogP contribution in [0.3, 0.4) is 0 Å². The highest BCUT2D eigenvalue weighted by atomic mass is 35.5. The fraction of sp³-hybridized carbons (Fsp3) is 0.700. The fourth-order valence-electron chi connectivity index (χ4n) is 1.60. The number of rotatable bonds is 5. The number of aromatic nitrogens is 2. The molecule has 0 aromatic carbocycles. The monoisotopic (exact) mass is 277 g/mol. The highest BCUT2D eigenvalue weighted by Crippen LogP contribution is 2.17. The third-order valence-electron chi connectivity index (χ3n) is 2.07. The molecule has 0 aliphatic rings. The van der Waals surface area contributed by atoms with Gasteiger partial charge < -0.3 is 10.4 Å². The van der Waals surface area contributed by atoms with E-state index < -0.39 is 5.60 Å². The Kier molecular flexibility index (Phi) is 4.85. The van der Waals surface area contributed by atoms with E-state index in [9.17, 15) is 9.90 Å². The number of carbonyl (C=O) groups is 1. The SMILES string of the molecule is CC(C)CC(C)(O)CNC(=O)c1nnc(Cl)s1. The Morgan fingerprint density at radius 1 is 1.59 bits per heavy atom. The first-order chi connectivity index (χ1) is 7.80. The molecule has 0 saturated carbocycles. The van der Waals surface area contributed by atoms with E-state index in [0.29, 0.717) is 12.3 Å². The summed E-state index contributed by atoms with van der Waals surface area (Å²) in [6.07, 6.45) is 0.615. The topological polar surface area (TPSA) is 75.1 Å². The third-order valence-corrected chi connectivity index (χ3v) is 3.09. The van der Waals surface area contributed by atoms with Gasteiger partial charge in [0.1, 0.15) is 0 Å². The lowest BCUT2D eigenvalue weighted by Crippen LogP contribution is -2.41. The lowest BCUT2D eigenvalue weighted by molar-refractivity contribution is 0.0368. The maximum Gasteiger partial charge on any atom is 0.282 e. The van der Waals surface area contributed by atoms with Gasteiger partial charge in [0.25, 0.3) is 5.91 Å². The van der Waals surface area contributed by atoms with E-state index in [-0.39, 0.29) is 21.9 Å². The molecule has 7 heteroatoms. The highest BCUT2D eigenvalue weighted by molar-refractivity contribution is 7.17. The molecule has 5 nitrogen and oxygen atoms in total.